The Morgan fingerprint density at radius 3 is 3.00 bits per heavy atom. The van der Waals surface area contributed by atoms with Gasteiger partial charge in [-0.15, -0.1) is 11.3 Å². The van der Waals surface area contributed by atoms with Gasteiger partial charge < -0.3 is 10.4 Å². The molecule has 96 valence electrons. The van der Waals surface area contributed by atoms with Gasteiger partial charge >= 0.3 is 0 Å². The van der Waals surface area contributed by atoms with Crippen LogP contribution in [0.4, 0.5) is 0 Å². The van der Waals surface area contributed by atoms with Gasteiger partial charge in [0.05, 0.1) is 15.2 Å². The van der Waals surface area contributed by atoms with E-state index < -0.39 is 0 Å². The minimum Gasteiger partial charge on any atom is -0.508 e. The Bertz CT molecular complexity index is 563. The quantitative estimate of drug-likeness (QED) is 0.890. The second-order valence-corrected chi connectivity index (χ2v) is 5.57. The van der Waals surface area contributed by atoms with Crippen LogP contribution < -0.4 is 5.32 Å². The molecule has 0 fully saturated rings. The number of amides is 1. The van der Waals surface area contributed by atoms with Crippen LogP contribution in [0.1, 0.15) is 18.9 Å². The molecule has 0 saturated carbocycles. The zero-order chi connectivity index (χ0) is 13.1. The van der Waals surface area contributed by atoms with E-state index in [9.17, 15) is 9.90 Å². The van der Waals surface area contributed by atoms with Crippen LogP contribution in [0.3, 0.4) is 0 Å². The van der Waals surface area contributed by atoms with Crippen LogP contribution in [-0.2, 0) is 11.2 Å². The standard InChI is InChI=1S/C13H16N2O2S/c1-8(2)13(17)14-6-5-12-15-10-4-3-9(16)7-11(10)18-12/h3-4,7-8,16H,5-6H2,1-2H3,(H,14,17). The van der Waals surface area contributed by atoms with E-state index in [1.807, 2.05) is 13.8 Å². The molecule has 0 saturated heterocycles. The first-order valence-corrected chi connectivity index (χ1v) is 6.74. The molecule has 0 aliphatic rings. The fourth-order valence-electron chi connectivity index (χ4n) is 1.56. The molecule has 1 amide bonds. The van der Waals surface area contributed by atoms with E-state index in [1.54, 1.807) is 29.5 Å². The highest BCUT2D eigenvalue weighted by Crippen LogP contribution is 2.25. The Kier molecular flexibility index (Phi) is 3.81. The van der Waals surface area contributed by atoms with Crippen LogP contribution in [-0.4, -0.2) is 22.5 Å². The zero-order valence-corrected chi connectivity index (χ0v) is 11.3. The number of fused-ring (bicyclic) bond motifs is 1. The summed E-state index contributed by atoms with van der Waals surface area (Å²) in [5.74, 6) is 0.330. The van der Waals surface area contributed by atoms with Crippen LogP contribution in [0.2, 0.25) is 0 Å². The molecule has 0 spiro atoms. The number of phenolic OH excluding ortho intramolecular Hbond substituents is 1. The fraction of sp³-hybridized carbons (Fsp3) is 0.385. The normalized spacial score (nSPS) is 11.1. The van der Waals surface area contributed by atoms with E-state index >= 15 is 0 Å². The van der Waals surface area contributed by atoms with Gasteiger partial charge in [0, 0.05) is 18.9 Å². The summed E-state index contributed by atoms with van der Waals surface area (Å²) in [5, 5.41) is 13.2. The largest absolute Gasteiger partial charge is 0.508 e. The van der Waals surface area contributed by atoms with Gasteiger partial charge in [-0.25, -0.2) is 4.98 Å². The molecule has 2 aromatic rings. The smallest absolute Gasteiger partial charge is 0.222 e. The number of benzene rings is 1. The average Bonchev–Trinajstić information content (AvgIpc) is 2.70. The predicted molar refractivity (Wildman–Crippen MR) is 72.8 cm³/mol. The highest BCUT2D eigenvalue weighted by molar-refractivity contribution is 7.18. The lowest BCUT2D eigenvalue weighted by molar-refractivity contribution is -0.123. The highest BCUT2D eigenvalue weighted by Gasteiger charge is 2.07. The summed E-state index contributed by atoms with van der Waals surface area (Å²) in [6, 6.07) is 5.15. The molecule has 0 atom stereocenters. The molecule has 0 unspecified atom stereocenters. The van der Waals surface area contributed by atoms with E-state index in [-0.39, 0.29) is 17.6 Å². The summed E-state index contributed by atoms with van der Waals surface area (Å²) in [4.78, 5) is 15.8. The molecular formula is C13H16N2O2S. The number of hydrogen-bond acceptors (Lipinski definition) is 4. The molecule has 18 heavy (non-hydrogen) atoms. The Hall–Kier alpha value is -1.62. The van der Waals surface area contributed by atoms with Gasteiger partial charge in [-0.05, 0) is 18.2 Å². The lowest BCUT2D eigenvalue weighted by atomic mass is 10.2. The Morgan fingerprint density at radius 1 is 1.50 bits per heavy atom. The summed E-state index contributed by atoms with van der Waals surface area (Å²) in [6.45, 7) is 4.34. The molecule has 2 N–H and O–H groups in total. The highest BCUT2D eigenvalue weighted by atomic mass is 32.1. The Labute approximate surface area is 110 Å². The van der Waals surface area contributed by atoms with Gasteiger partial charge in [-0.3, -0.25) is 4.79 Å². The molecule has 0 aliphatic heterocycles. The number of hydrogen-bond donors (Lipinski definition) is 2. The number of nitrogens with one attached hydrogen (secondary N) is 1. The van der Waals surface area contributed by atoms with E-state index in [2.05, 4.69) is 10.3 Å². The van der Waals surface area contributed by atoms with Crippen LogP contribution in [0.25, 0.3) is 10.2 Å². The third-order valence-electron chi connectivity index (χ3n) is 2.58. The molecule has 4 nitrogen and oxygen atoms in total. The van der Waals surface area contributed by atoms with E-state index in [1.165, 1.54) is 0 Å². The van der Waals surface area contributed by atoms with Crippen molar-refractivity contribution in [3.63, 3.8) is 0 Å². The third-order valence-corrected chi connectivity index (χ3v) is 3.66. The van der Waals surface area contributed by atoms with Crippen LogP contribution >= 0.6 is 11.3 Å². The van der Waals surface area contributed by atoms with Gasteiger partial charge in [-0.1, -0.05) is 13.8 Å². The maximum absolute atomic E-state index is 11.4. The maximum atomic E-state index is 11.4. The number of thiazole rings is 1. The second-order valence-electron chi connectivity index (χ2n) is 4.46. The average molecular weight is 264 g/mol. The van der Waals surface area contributed by atoms with E-state index in [4.69, 9.17) is 0 Å². The summed E-state index contributed by atoms with van der Waals surface area (Å²) in [7, 11) is 0. The molecule has 5 heteroatoms. The molecular weight excluding hydrogens is 248 g/mol. The number of aromatic nitrogens is 1. The molecule has 1 aromatic heterocycles. The van der Waals surface area contributed by atoms with Crippen molar-refractivity contribution in [2.75, 3.05) is 6.54 Å². The van der Waals surface area contributed by atoms with Crippen molar-refractivity contribution >= 4 is 27.5 Å². The van der Waals surface area contributed by atoms with Gasteiger partial charge in [0.2, 0.25) is 5.91 Å². The van der Waals surface area contributed by atoms with Gasteiger partial charge in [0.1, 0.15) is 5.75 Å². The lowest BCUT2D eigenvalue weighted by Crippen LogP contribution is -2.29. The second kappa shape index (κ2) is 5.35. The molecule has 1 aromatic carbocycles. The molecule has 1 heterocycles. The number of rotatable bonds is 4. The predicted octanol–water partition coefficient (Wildman–Crippen LogP) is 2.32. The first-order valence-electron chi connectivity index (χ1n) is 5.92. The Morgan fingerprint density at radius 2 is 2.28 bits per heavy atom. The summed E-state index contributed by atoms with van der Waals surface area (Å²) in [5.41, 5.74) is 0.892. The lowest BCUT2D eigenvalue weighted by Gasteiger charge is -2.05. The van der Waals surface area contributed by atoms with E-state index in [0.717, 1.165) is 21.6 Å². The fourth-order valence-corrected chi connectivity index (χ4v) is 2.56. The number of aromatic hydroxyl groups is 1. The van der Waals surface area contributed by atoms with Crippen LogP contribution in [0.15, 0.2) is 18.2 Å². The van der Waals surface area contributed by atoms with Crippen molar-refractivity contribution in [3.8, 4) is 5.75 Å². The first kappa shape index (κ1) is 12.8. The Balaban J connectivity index is 1.98. The molecule has 0 radical (unpaired) electrons. The first-order chi connectivity index (χ1) is 8.56. The number of carbonyl (C=O) groups is 1. The summed E-state index contributed by atoms with van der Waals surface area (Å²) in [6.07, 6.45) is 0.721. The molecule has 2 rings (SSSR count). The topological polar surface area (TPSA) is 62.2 Å². The van der Waals surface area contributed by atoms with Crippen molar-refractivity contribution in [2.24, 2.45) is 5.92 Å². The van der Waals surface area contributed by atoms with Crippen molar-refractivity contribution in [1.29, 1.82) is 0 Å². The third kappa shape index (κ3) is 2.98. The molecule has 0 aliphatic carbocycles. The summed E-state index contributed by atoms with van der Waals surface area (Å²) < 4.78 is 0.972. The number of nitrogens with zero attached hydrogens (tertiary/aromatic N) is 1. The monoisotopic (exact) mass is 264 g/mol. The zero-order valence-electron chi connectivity index (χ0n) is 10.4. The minimum absolute atomic E-state index is 0.0114. The van der Waals surface area contributed by atoms with E-state index in [0.29, 0.717) is 6.54 Å². The van der Waals surface area contributed by atoms with Crippen LogP contribution in [0, 0.1) is 5.92 Å². The van der Waals surface area contributed by atoms with Crippen molar-refractivity contribution in [3.05, 3.63) is 23.2 Å². The maximum Gasteiger partial charge on any atom is 0.222 e. The van der Waals surface area contributed by atoms with Crippen LogP contribution in [0.5, 0.6) is 5.75 Å². The van der Waals surface area contributed by atoms with Gasteiger partial charge in [-0.2, -0.15) is 0 Å². The number of phenols is 1. The number of carbonyl (C=O) groups excluding carboxylic acids is 1. The van der Waals surface area contributed by atoms with Crippen molar-refractivity contribution < 1.29 is 9.90 Å². The summed E-state index contributed by atoms with van der Waals surface area (Å²) >= 11 is 1.55. The van der Waals surface area contributed by atoms with Gasteiger partial charge in [0.15, 0.2) is 0 Å². The van der Waals surface area contributed by atoms with Gasteiger partial charge in [0.25, 0.3) is 0 Å². The van der Waals surface area contributed by atoms with Crippen molar-refractivity contribution in [1.82, 2.24) is 10.3 Å². The molecule has 0 bridgehead atoms. The minimum atomic E-state index is 0.0114. The van der Waals surface area contributed by atoms with Crippen molar-refractivity contribution in [2.45, 2.75) is 20.3 Å². The SMILES string of the molecule is CC(C)C(=O)NCCc1nc2ccc(O)cc2s1.